The molecule has 1 heterocycles. The Hall–Kier alpha value is -2.17. The first-order valence-corrected chi connectivity index (χ1v) is 5.82. The van der Waals surface area contributed by atoms with Gasteiger partial charge in [0, 0.05) is 17.1 Å². The number of rotatable bonds is 3. The summed E-state index contributed by atoms with van der Waals surface area (Å²) in [5.41, 5.74) is 1.35. The summed E-state index contributed by atoms with van der Waals surface area (Å²) in [7, 11) is 1.29. The fourth-order valence-electron chi connectivity index (χ4n) is 1.79. The Labute approximate surface area is 110 Å². The molecule has 1 aromatic heterocycles. The lowest BCUT2D eigenvalue weighted by Crippen LogP contribution is -2.25. The molecule has 1 aromatic carbocycles. The third-order valence-electron chi connectivity index (χ3n) is 2.70. The number of halogens is 1. The molecule has 0 spiro atoms. The molecule has 100 valence electrons. The second-order valence-corrected chi connectivity index (χ2v) is 4.21. The number of aromatic nitrogens is 1. The number of fused-ring (bicyclic) bond motifs is 1. The molecule has 2 aromatic rings. The van der Waals surface area contributed by atoms with Crippen molar-refractivity contribution in [2.75, 3.05) is 7.11 Å². The van der Waals surface area contributed by atoms with Crippen molar-refractivity contribution < 1.29 is 18.7 Å². The van der Waals surface area contributed by atoms with E-state index in [1.54, 1.807) is 26.0 Å². The van der Waals surface area contributed by atoms with Crippen molar-refractivity contribution in [2.45, 2.75) is 20.0 Å². The second kappa shape index (κ2) is 5.22. The van der Waals surface area contributed by atoms with Crippen LogP contribution in [0.15, 0.2) is 24.3 Å². The van der Waals surface area contributed by atoms with Gasteiger partial charge in [0.2, 0.25) is 0 Å². The average Bonchev–Trinajstić information content (AvgIpc) is 2.38. The summed E-state index contributed by atoms with van der Waals surface area (Å²) in [4.78, 5) is 15.7. The first-order valence-electron chi connectivity index (χ1n) is 5.82. The maximum absolute atomic E-state index is 13.3. The maximum Gasteiger partial charge on any atom is 0.346 e. The Balaban J connectivity index is 2.46. The number of carbonyl (C=O) groups is 1. The smallest absolute Gasteiger partial charge is 0.346 e. The molecular weight excluding hydrogens is 249 g/mol. The molecule has 0 saturated carbocycles. The normalized spacial score (nSPS) is 12.2. The van der Waals surface area contributed by atoms with Crippen LogP contribution < -0.4 is 4.74 Å². The zero-order valence-electron chi connectivity index (χ0n) is 10.9. The van der Waals surface area contributed by atoms with Gasteiger partial charge < -0.3 is 9.47 Å². The number of aryl methyl sites for hydroxylation is 1. The molecule has 1 unspecified atom stereocenters. The first kappa shape index (κ1) is 13.3. The van der Waals surface area contributed by atoms with Crippen LogP contribution in [0.4, 0.5) is 4.39 Å². The minimum atomic E-state index is -0.765. The topological polar surface area (TPSA) is 48.4 Å². The van der Waals surface area contributed by atoms with E-state index in [-0.39, 0.29) is 5.82 Å². The summed E-state index contributed by atoms with van der Waals surface area (Å²) in [6.07, 6.45) is -0.765. The van der Waals surface area contributed by atoms with Gasteiger partial charge in [-0.25, -0.2) is 9.18 Å². The number of hydrogen-bond acceptors (Lipinski definition) is 4. The SMILES string of the molecule is COC(=O)C(C)Oc1cc(C)nc2ccc(F)cc12. The third-order valence-corrected chi connectivity index (χ3v) is 2.70. The molecular formula is C14H14FNO3. The Morgan fingerprint density at radius 3 is 2.79 bits per heavy atom. The van der Waals surface area contributed by atoms with E-state index in [2.05, 4.69) is 9.72 Å². The lowest BCUT2D eigenvalue weighted by molar-refractivity contribution is -0.147. The summed E-state index contributed by atoms with van der Waals surface area (Å²) < 4.78 is 23.4. The van der Waals surface area contributed by atoms with E-state index in [1.165, 1.54) is 19.2 Å². The van der Waals surface area contributed by atoms with Gasteiger partial charge in [-0.2, -0.15) is 0 Å². The average molecular weight is 263 g/mol. The number of esters is 1. The molecule has 0 fully saturated rings. The van der Waals surface area contributed by atoms with E-state index in [4.69, 9.17) is 4.74 Å². The number of ether oxygens (including phenoxy) is 2. The highest BCUT2D eigenvalue weighted by Gasteiger charge is 2.17. The van der Waals surface area contributed by atoms with Crippen molar-refractivity contribution in [2.24, 2.45) is 0 Å². The molecule has 1 atom stereocenters. The van der Waals surface area contributed by atoms with Crippen LogP contribution in [0.3, 0.4) is 0 Å². The Bertz CT molecular complexity index is 627. The maximum atomic E-state index is 13.3. The number of hydrogen-bond donors (Lipinski definition) is 0. The highest BCUT2D eigenvalue weighted by Crippen LogP contribution is 2.27. The van der Waals surface area contributed by atoms with E-state index in [1.807, 2.05) is 0 Å². The fraction of sp³-hybridized carbons (Fsp3) is 0.286. The van der Waals surface area contributed by atoms with Gasteiger partial charge in [0.05, 0.1) is 12.6 Å². The second-order valence-electron chi connectivity index (χ2n) is 4.21. The van der Waals surface area contributed by atoms with Crippen LogP contribution in [-0.4, -0.2) is 24.2 Å². The molecule has 0 saturated heterocycles. The van der Waals surface area contributed by atoms with E-state index in [0.29, 0.717) is 16.7 Å². The van der Waals surface area contributed by atoms with E-state index < -0.39 is 12.1 Å². The van der Waals surface area contributed by atoms with Crippen LogP contribution in [0, 0.1) is 12.7 Å². The highest BCUT2D eigenvalue weighted by molar-refractivity contribution is 5.86. The van der Waals surface area contributed by atoms with Gasteiger partial charge >= 0.3 is 5.97 Å². The van der Waals surface area contributed by atoms with Crippen LogP contribution in [0.1, 0.15) is 12.6 Å². The summed E-state index contributed by atoms with van der Waals surface area (Å²) in [6.45, 7) is 3.38. The molecule has 5 heteroatoms. The lowest BCUT2D eigenvalue weighted by Gasteiger charge is -2.14. The van der Waals surface area contributed by atoms with Gasteiger partial charge in [-0.15, -0.1) is 0 Å². The van der Waals surface area contributed by atoms with Crippen molar-refractivity contribution in [3.05, 3.63) is 35.8 Å². The van der Waals surface area contributed by atoms with E-state index >= 15 is 0 Å². The largest absolute Gasteiger partial charge is 0.478 e. The molecule has 4 nitrogen and oxygen atoms in total. The fourth-order valence-corrected chi connectivity index (χ4v) is 1.79. The molecule has 0 radical (unpaired) electrons. The van der Waals surface area contributed by atoms with Crippen LogP contribution in [0.5, 0.6) is 5.75 Å². The van der Waals surface area contributed by atoms with Crippen molar-refractivity contribution >= 4 is 16.9 Å². The quantitative estimate of drug-likeness (QED) is 0.799. The van der Waals surface area contributed by atoms with Crippen molar-refractivity contribution in [1.82, 2.24) is 4.98 Å². The van der Waals surface area contributed by atoms with Crippen LogP contribution in [0.25, 0.3) is 10.9 Å². The van der Waals surface area contributed by atoms with Gasteiger partial charge in [-0.05, 0) is 32.0 Å². The van der Waals surface area contributed by atoms with E-state index in [9.17, 15) is 9.18 Å². The minimum Gasteiger partial charge on any atom is -0.478 e. The molecule has 0 aliphatic heterocycles. The van der Waals surface area contributed by atoms with E-state index in [0.717, 1.165) is 5.69 Å². The predicted molar refractivity (Wildman–Crippen MR) is 68.5 cm³/mol. The number of pyridine rings is 1. The van der Waals surface area contributed by atoms with Crippen molar-refractivity contribution in [1.29, 1.82) is 0 Å². The van der Waals surface area contributed by atoms with Gasteiger partial charge in [-0.3, -0.25) is 4.98 Å². The summed E-state index contributed by atoms with van der Waals surface area (Å²) >= 11 is 0. The lowest BCUT2D eigenvalue weighted by atomic mass is 10.2. The van der Waals surface area contributed by atoms with Crippen LogP contribution in [0.2, 0.25) is 0 Å². The highest BCUT2D eigenvalue weighted by atomic mass is 19.1. The zero-order chi connectivity index (χ0) is 14.0. The number of benzene rings is 1. The zero-order valence-corrected chi connectivity index (χ0v) is 10.9. The van der Waals surface area contributed by atoms with Crippen LogP contribution >= 0.6 is 0 Å². The molecule has 0 bridgehead atoms. The van der Waals surface area contributed by atoms with Gasteiger partial charge in [0.25, 0.3) is 0 Å². The number of carbonyl (C=O) groups excluding carboxylic acids is 1. The summed E-state index contributed by atoms with van der Waals surface area (Å²) in [5, 5.41) is 0.529. The summed E-state index contributed by atoms with van der Waals surface area (Å²) in [5.74, 6) is -0.451. The predicted octanol–water partition coefficient (Wildman–Crippen LogP) is 2.62. The summed E-state index contributed by atoms with van der Waals surface area (Å²) in [6, 6.07) is 5.91. The standard InChI is InChI=1S/C14H14FNO3/c1-8-6-13(19-9(2)14(17)18-3)11-7-10(15)4-5-12(11)16-8/h4-7,9H,1-3H3. The monoisotopic (exact) mass is 263 g/mol. The van der Waals surface area contributed by atoms with Gasteiger partial charge in [0.15, 0.2) is 6.10 Å². The van der Waals surface area contributed by atoms with Crippen molar-refractivity contribution in [3.8, 4) is 5.75 Å². The number of methoxy groups -OCH3 is 1. The van der Waals surface area contributed by atoms with Crippen LogP contribution in [-0.2, 0) is 9.53 Å². The molecule has 0 amide bonds. The minimum absolute atomic E-state index is 0.381. The Morgan fingerprint density at radius 2 is 2.11 bits per heavy atom. The van der Waals surface area contributed by atoms with Gasteiger partial charge in [0.1, 0.15) is 11.6 Å². The molecule has 19 heavy (non-hydrogen) atoms. The molecule has 2 rings (SSSR count). The Morgan fingerprint density at radius 1 is 1.37 bits per heavy atom. The Kier molecular flexibility index (Phi) is 3.64. The molecule has 0 aliphatic rings. The number of nitrogens with zero attached hydrogens (tertiary/aromatic N) is 1. The molecule has 0 aliphatic carbocycles. The first-order chi connectivity index (χ1) is 9.01. The van der Waals surface area contributed by atoms with Crippen molar-refractivity contribution in [3.63, 3.8) is 0 Å². The van der Waals surface area contributed by atoms with Gasteiger partial charge in [-0.1, -0.05) is 0 Å². The molecule has 0 N–H and O–H groups in total. The third kappa shape index (κ3) is 2.81.